The number of anilines is 1. The van der Waals surface area contributed by atoms with Crippen molar-refractivity contribution in [2.75, 3.05) is 18.4 Å². The summed E-state index contributed by atoms with van der Waals surface area (Å²) in [6, 6.07) is 12.2. The highest BCUT2D eigenvalue weighted by molar-refractivity contribution is 6.13. The van der Waals surface area contributed by atoms with Crippen LogP contribution in [0.4, 0.5) is 5.69 Å². The van der Waals surface area contributed by atoms with Gasteiger partial charge in [-0.15, -0.1) is 0 Å². The molecule has 0 aliphatic rings. The van der Waals surface area contributed by atoms with Gasteiger partial charge in [-0.2, -0.15) is 5.10 Å². The molecule has 0 saturated heterocycles. The molecule has 0 unspecified atom stereocenters. The number of fused-ring (bicyclic) bond motifs is 1. The van der Waals surface area contributed by atoms with Crippen LogP contribution in [-0.4, -0.2) is 44.6 Å². The van der Waals surface area contributed by atoms with Gasteiger partial charge in [0, 0.05) is 31.4 Å². The molecule has 0 saturated carbocycles. The fourth-order valence-electron chi connectivity index (χ4n) is 3.80. The fraction of sp³-hybridized carbons (Fsp3) is 0.250. The second-order valence-electron chi connectivity index (χ2n) is 7.45. The number of furan rings is 1. The number of amides is 2. The topological polar surface area (TPSA) is 93.3 Å². The predicted octanol–water partition coefficient (Wildman–Crippen LogP) is 4.27. The van der Waals surface area contributed by atoms with Crippen molar-refractivity contribution in [3.63, 3.8) is 0 Å². The summed E-state index contributed by atoms with van der Waals surface area (Å²) in [6.45, 7) is 6.97. The van der Waals surface area contributed by atoms with Gasteiger partial charge in [0.05, 0.1) is 22.9 Å². The number of carbonyl (C=O) groups excluding carboxylic acids is 2. The molecule has 0 spiro atoms. The summed E-state index contributed by atoms with van der Waals surface area (Å²) in [5.74, 6) is 0.181. The summed E-state index contributed by atoms with van der Waals surface area (Å²) in [5, 5.41) is 8.03. The molecular formula is C24H25N5O3. The zero-order valence-electron chi connectivity index (χ0n) is 18.5. The summed E-state index contributed by atoms with van der Waals surface area (Å²) >= 11 is 0. The Morgan fingerprint density at radius 2 is 1.91 bits per heavy atom. The van der Waals surface area contributed by atoms with E-state index in [0.717, 1.165) is 0 Å². The van der Waals surface area contributed by atoms with Crippen LogP contribution in [0.1, 0.15) is 40.3 Å². The van der Waals surface area contributed by atoms with Gasteiger partial charge in [-0.05, 0) is 57.2 Å². The molecule has 3 heterocycles. The number of pyridine rings is 1. The maximum atomic E-state index is 13.3. The van der Waals surface area contributed by atoms with Crippen LogP contribution in [0.5, 0.6) is 0 Å². The van der Waals surface area contributed by atoms with Gasteiger partial charge in [0.2, 0.25) is 0 Å². The van der Waals surface area contributed by atoms with E-state index in [1.165, 1.54) is 0 Å². The minimum atomic E-state index is -0.311. The Bertz CT molecular complexity index is 1290. The van der Waals surface area contributed by atoms with Gasteiger partial charge in [-0.25, -0.2) is 4.98 Å². The molecular weight excluding hydrogens is 406 g/mol. The van der Waals surface area contributed by atoms with Crippen LogP contribution in [0, 0.1) is 6.92 Å². The van der Waals surface area contributed by atoms with E-state index in [2.05, 4.69) is 15.4 Å². The number of nitrogens with one attached hydrogen (secondary N) is 1. The van der Waals surface area contributed by atoms with Crippen LogP contribution in [0.3, 0.4) is 0 Å². The van der Waals surface area contributed by atoms with Crippen LogP contribution in [-0.2, 0) is 7.05 Å². The van der Waals surface area contributed by atoms with E-state index in [0.29, 0.717) is 58.1 Å². The number of benzene rings is 1. The van der Waals surface area contributed by atoms with Crippen molar-refractivity contribution in [1.29, 1.82) is 0 Å². The summed E-state index contributed by atoms with van der Waals surface area (Å²) in [4.78, 5) is 32.4. The second kappa shape index (κ2) is 8.66. The lowest BCUT2D eigenvalue weighted by molar-refractivity contribution is 0.0772. The lowest BCUT2D eigenvalue weighted by Crippen LogP contribution is -2.30. The molecule has 4 rings (SSSR count). The highest BCUT2D eigenvalue weighted by Crippen LogP contribution is 2.28. The van der Waals surface area contributed by atoms with Gasteiger partial charge in [-0.3, -0.25) is 14.3 Å². The number of hydrogen-bond donors (Lipinski definition) is 1. The molecule has 8 nitrogen and oxygen atoms in total. The number of aryl methyl sites for hydroxylation is 2. The van der Waals surface area contributed by atoms with E-state index >= 15 is 0 Å². The Hall–Kier alpha value is -3.94. The number of carbonyl (C=O) groups is 2. The van der Waals surface area contributed by atoms with Gasteiger partial charge in [0.15, 0.2) is 11.4 Å². The highest BCUT2D eigenvalue weighted by Gasteiger charge is 2.21. The van der Waals surface area contributed by atoms with Crippen molar-refractivity contribution in [2.24, 2.45) is 7.05 Å². The van der Waals surface area contributed by atoms with Crippen LogP contribution in [0.25, 0.3) is 22.5 Å². The predicted molar refractivity (Wildman–Crippen MR) is 123 cm³/mol. The van der Waals surface area contributed by atoms with Crippen LogP contribution in [0.15, 0.2) is 53.1 Å². The van der Waals surface area contributed by atoms with Crippen LogP contribution >= 0.6 is 0 Å². The zero-order chi connectivity index (χ0) is 22.8. The maximum Gasteiger partial charge on any atom is 0.256 e. The summed E-state index contributed by atoms with van der Waals surface area (Å²) in [5.41, 5.74) is 3.34. The normalized spacial score (nSPS) is 11.0. The zero-order valence-corrected chi connectivity index (χ0v) is 18.5. The van der Waals surface area contributed by atoms with Crippen molar-refractivity contribution in [3.8, 4) is 11.5 Å². The molecule has 8 heteroatoms. The Morgan fingerprint density at radius 3 is 2.59 bits per heavy atom. The third kappa shape index (κ3) is 3.87. The highest BCUT2D eigenvalue weighted by atomic mass is 16.3. The Balaban J connectivity index is 1.72. The number of rotatable bonds is 6. The number of aromatic nitrogens is 3. The Labute approximate surface area is 185 Å². The number of hydrogen-bond acceptors (Lipinski definition) is 5. The van der Waals surface area contributed by atoms with Crippen molar-refractivity contribution >= 4 is 28.5 Å². The Morgan fingerprint density at radius 1 is 1.12 bits per heavy atom. The SMILES string of the molecule is CCN(CC)C(=O)c1cccc(NC(=O)c2cc(-c3ccco3)nc3c2c(C)nn3C)c1. The molecule has 1 N–H and O–H groups in total. The summed E-state index contributed by atoms with van der Waals surface area (Å²) < 4.78 is 7.14. The van der Waals surface area contributed by atoms with Gasteiger partial charge < -0.3 is 14.6 Å². The molecule has 0 bridgehead atoms. The van der Waals surface area contributed by atoms with Crippen LogP contribution < -0.4 is 5.32 Å². The molecule has 0 fully saturated rings. The first-order valence-electron chi connectivity index (χ1n) is 10.5. The minimum Gasteiger partial charge on any atom is -0.463 e. The summed E-state index contributed by atoms with van der Waals surface area (Å²) in [7, 11) is 1.79. The molecule has 1 aromatic carbocycles. The van der Waals surface area contributed by atoms with Crippen molar-refractivity contribution in [3.05, 3.63) is 65.5 Å². The van der Waals surface area contributed by atoms with Gasteiger partial charge in [0.25, 0.3) is 11.8 Å². The number of nitrogens with zero attached hydrogens (tertiary/aromatic N) is 4. The molecule has 0 aliphatic carbocycles. The molecule has 0 radical (unpaired) electrons. The molecule has 3 aromatic heterocycles. The van der Waals surface area contributed by atoms with Gasteiger partial charge >= 0.3 is 0 Å². The lowest BCUT2D eigenvalue weighted by atomic mass is 10.1. The van der Waals surface area contributed by atoms with E-state index in [1.807, 2.05) is 20.8 Å². The molecule has 2 amide bonds. The van der Waals surface area contributed by atoms with E-state index in [9.17, 15) is 9.59 Å². The first-order chi connectivity index (χ1) is 15.4. The third-order valence-electron chi connectivity index (χ3n) is 5.40. The van der Waals surface area contributed by atoms with Crippen molar-refractivity contribution in [1.82, 2.24) is 19.7 Å². The van der Waals surface area contributed by atoms with Crippen LogP contribution in [0.2, 0.25) is 0 Å². The van der Waals surface area contributed by atoms with E-state index in [4.69, 9.17) is 4.42 Å². The van der Waals surface area contributed by atoms with Crippen molar-refractivity contribution < 1.29 is 14.0 Å². The fourth-order valence-corrected chi connectivity index (χ4v) is 3.80. The molecule has 4 aromatic rings. The third-order valence-corrected chi connectivity index (χ3v) is 5.40. The smallest absolute Gasteiger partial charge is 0.256 e. The van der Waals surface area contributed by atoms with E-state index in [-0.39, 0.29) is 11.8 Å². The average molecular weight is 431 g/mol. The largest absolute Gasteiger partial charge is 0.463 e. The van der Waals surface area contributed by atoms with Gasteiger partial charge in [-0.1, -0.05) is 6.07 Å². The maximum absolute atomic E-state index is 13.3. The lowest BCUT2D eigenvalue weighted by Gasteiger charge is -2.19. The monoisotopic (exact) mass is 431 g/mol. The molecule has 0 atom stereocenters. The quantitative estimate of drug-likeness (QED) is 0.492. The average Bonchev–Trinajstić information content (AvgIpc) is 3.43. The van der Waals surface area contributed by atoms with Gasteiger partial charge in [0.1, 0.15) is 5.69 Å². The second-order valence-corrected chi connectivity index (χ2v) is 7.45. The Kier molecular flexibility index (Phi) is 5.77. The standard InChI is InChI=1S/C24H25N5O3/c1-5-29(6-2)24(31)16-9-7-10-17(13-16)25-23(30)18-14-19(20-11-8-12-32-20)26-22-21(18)15(3)27-28(22)4/h7-14H,5-6H2,1-4H3,(H,25,30). The van der Waals surface area contributed by atoms with E-state index < -0.39 is 0 Å². The first-order valence-corrected chi connectivity index (χ1v) is 10.5. The summed E-state index contributed by atoms with van der Waals surface area (Å²) in [6.07, 6.45) is 1.56. The first kappa shape index (κ1) is 21.3. The van der Waals surface area contributed by atoms with E-state index in [1.54, 1.807) is 65.4 Å². The molecule has 164 valence electrons. The molecule has 0 aliphatic heterocycles. The van der Waals surface area contributed by atoms with Crippen molar-refractivity contribution in [2.45, 2.75) is 20.8 Å². The molecule has 32 heavy (non-hydrogen) atoms. The minimum absolute atomic E-state index is 0.0689.